The van der Waals surface area contributed by atoms with Gasteiger partial charge in [0, 0.05) is 3.57 Å². The van der Waals surface area contributed by atoms with Crippen LogP contribution >= 0.6 is 22.6 Å². The first-order valence-corrected chi connectivity index (χ1v) is 8.81. The van der Waals surface area contributed by atoms with Crippen molar-refractivity contribution in [2.75, 3.05) is 0 Å². The van der Waals surface area contributed by atoms with Crippen LogP contribution in [-0.4, -0.2) is 0 Å². The molecule has 1 heteroatoms. The minimum absolute atomic E-state index is 0.638. The molecule has 4 atom stereocenters. The zero-order valence-corrected chi connectivity index (χ0v) is 14.5. The third kappa shape index (κ3) is 2.48. The summed E-state index contributed by atoms with van der Waals surface area (Å²) in [5.74, 6) is 3.91. The highest BCUT2D eigenvalue weighted by Gasteiger charge is 2.55. The van der Waals surface area contributed by atoms with E-state index in [2.05, 4.69) is 67.6 Å². The van der Waals surface area contributed by atoms with Gasteiger partial charge in [-0.25, -0.2) is 0 Å². The molecule has 3 saturated carbocycles. The van der Waals surface area contributed by atoms with Crippen molar-refractivity contribution in [1.82, 2.24) is 0 Å². The molecule has 0 spiro atoms. The van der Waals surface area contributed by atoms with Crippen LogP contribution in [0.3, 0.4) is 0 Å². The minimum atomic E-state index is 0.638. The number of halogens is 1. The first kappa shape index (κ1) is 13.9. The fraction of sp³-hybridized carbons (Fsp3) is 0.667. The largest absolute Gasteiger partial charge is 0.0620 e. The molecule has 0 heterocycles. The number of hydrogen-bond acceptors (Lipinski definition) is 0. The molecule has 2 bridgehead atoms. The molecule has 19 heavy (non-hydrogen) atoms. The van der Waals surface area contributed by atoms with Crippen molar-refractivity contribution in [1.29, 1.82) is 0 Å². The maximum absolute atomic E-state index is 2.51. The average Bonchev–Trinajstić information content (AvgIpc) is 2.38. The summed E-state index contributed by atoms with van der Waals surface area (Å²) in [7, 11) is 0. The van der Waals surface area contributed by atoms with Gasteiger partial charge in [0.25, 0.3) is 0 Å². The highest BCUT2D eigenvalue weighted by molar-refractivity contribution is 14.1. The Kier molecular flexibility index (Phi) is 3.70. The van der Waals surface area contributed by atoms with Crippen LogP contribution in [0.1, 0.15) is 45.6 Å². The van der Waals surface area contributed by atoms with Gasteiger partial charge in [0.05, 0.1) is 0 Å². The van der Waals surface area contributed by atoms with Gasteiger partial charge < -0.3 is 0 Å². The summed E-state index contributed by atoms with van der Waals surface area (Å²) in [6.45, 7) is 7.51. The molecule has 1 aromatic carbocycles. The summed E-state index contributed by atoms with van der Waals surface area (Å²) in [5, 5.41) is 0. The van der Waals surface area contributed by atoms with E-state index in [1.165, 1.54) is 34.8 Å². The maximum atomic E-state index is 2.51. The second-order valence-electron chi connectivity index (χ2n) is 7.38. The van der Waals surface area contributed by atoms with Gasteiger partial charge >= 0.3 is 0 Å². The lowest BCUT2D eigenvalue weighted by molar-refractivity contribution is -0.129. The molecule has 0 saturated heterocycles. The predicted octanol–water partition coefficient (Wildman–Crippen LogP) is 5.54. The molecule has 1 aromatic rings. The van der Waals surface area contributed by atoms with E-state index in [4.69, 9.17) is 0 Å². The van der Waals surface area contributed by atoms with Crippen molar-refractivity contribution in [3.05, 3.63) is 33.4 Å². The van der Waals surface area contributed by atoms with Gasteiger partial charge in [0.15, 0.2) is 0 Å². The molecule has 0 aromatic heterocycles. The van der Waals surface area contributed by atoms with Gasteiger partial charge in [-0.3, -0.25) is 0 Å². The summed E-state index contributed by atoms with van der Waals surface area (Å²) in [4.78, 5) is 0. The number of hydrogen-bond donors (Lipinski definition) is 0. The number of rotatable bonds is 3. The Hall–Kier alpha value is -0.0500. The third-order valence-corrected chi connectivity index (χ3v) is 6.95. The van der Waals surface area contributed by atoms with Gasteiger partial charge in [0.2, 0.25) is 0 Å². The van der Waals surface area contributed by atoms with E-state index in [0.29, 0.717) is 5.41 Å². The van der Waals surface area contributed by atoms with E-state index in [1.54, 1.807) is 0 Å². The molecule has 0 N–H and O–H groups in total. The van der Waals surface area contributed by atoms with Crippen LogP contribution in [0.15, 0.2) is 24.3 Å². The highest BCUT2D eigenvalue weighted by atomic mass is 127. The SMILES string of the molecule is C[C@@H]1[C@@H](CCc2ccc(I)cc2)C[C@H]2C[C@@H]1C2(C)C. The van der Waals surface area contributed by atoms with Gasteiger partial charge in [-0.15, -0.1) is 0 Å². The van der Waals surface area contributed by atoms with Gasteiger partial charge in [-0.05, 0) is 95.1 Å². The summed E-state index contributed by atoms with van der Waals surface area (Å²) in [5.41, 5.74) is 2.16. The molecule has 0 radical (unpaired) electrons. The molecule has 0 aliphatic heterocycles. The first-order chi connectivity index (χ1) is 8.98. The zero-order chi connectivity index (χ0) is 13.6. The number of aryl methyl sites for hydroxylation is 1. The molecular formula is C18H25I. The Morgan fingerprint density at radius 2 is 1.84 bits per heavy atom. The molecule has 0 unspecified atom stereocenters. The lowest BCUT2D eigenvalue weighted by atomic mass is 9.43. The lowest BCUT2D eigenvalue weighted by Gasteiger charge is -2.62. The molecule has 3 fully saturated rings. The molecular weight excluding hydrogens is 343 g/mol. The van der Waals surface area contributed by atoms with E-state index < -0.39 is 0 Å². The summed E-state index contributed by atoms with van der Waals surface area (Å²) in [6.07, 6.45) is 5.65. The molecule has 0 nitrogen and oxygen atoms in total. The maximum Gasteiger partial charge on any atom is 0.0130 e. The standard InChI is InChI=1S/C18H25I/c1-12-14(10-15-11-17(12)18(15,2)3)7-4-13-5-8-16(19)9-6-13/h5-6,8-9,12,14-15,17H,4,7,10-11H2,1-3H3/t12-,14+,15+,17+/m1/s1. The van der Waals surface area contributed by atoms with Crippen molar-refractivity contribution in [3.8, 4) is 0 Å². The van der Waals surface area contributed by atoms with Crippen LogP contribution in [0.2, 0.25) is 0 Å². The second-order valence-corrected chi connectivity index (χ2v) is 8.63. The van der Waals surface area contributed by atoms with E-state index in [0.717, 1.165) is 23.7 Å². The van der Waals surface area contributed by atoms with Crippen molar-refractivity contribution in [3.63, 3.8) is 0 Å². The van der Waals surface area contributed by atoms with Crippen molar-refractivity contribution >= 4 is 22.6 Å². The van der Waals surface area contributed by atoms with Crippen LogP contribution < -0.4 is 0 Å². The summed E-state index contributed by atoms with van der Waals surface area (Å²) < 4.78 is 1.34. The molecule has 3 aliphatic rings. The van der Waals surface area contributed by atoms with E-state index in [9.17, 15) is 0 Å². The molecule has 0 amide bonds. The Bertz CT molecular complexity index is 445. The number of benzene rings is 1. The van der Waals surface area contributed by atoms with Crippen LogP contribution in [0.4, 0.5) is 0 Å². The predicted molar refractivity (Wildman–Crippen MR) is 90.1 cm³/mol. The average molecular weight is 368 g/mol. The highest BCUT2D eigenvalue weighted by Crippen LogP contribution is 2.63. The lowest BCUT2D eigenvalue weighted by Crippen LogP contribution is -2.54. The van der Waals surface area contributed by atoms with Gasteiger partial charge in [-0.2, -0.15) is 0 Å². The monoisotopic (exact) mass is 368 g/mol. The zero-order valence-electron chi connectivity index (χ0n) is 12.3. The van der Waals surface area contributed by atoms with Crippen molar-refractivity contribution < 1.29 is 0 Å². The quantitative estimate of drug-likeness (QED) is 0.615. The van der Waals surface area contributed by atoms with E-state index in [1.807, 2.05) is 0 Å². The number of fused-ring (bicyclic) bond motifs is 2. The van der Waals surface area contributed by atoms with Crippen LogP contribution in [0, 0.1) is 32.7 Å². The summed E-state index contributed by atoms with van der Waals surface area (Å²) >= 11 is 2.38. The molecule has 3 aliphatic carbocycles. The van der Waals surface area contributed by atoms with E-state index in [-0.39, 0.29) is 0 Å². The van der Waals surface area contributed by atoms with Crippen LogP contribution in [-0.2, 0) is 6.42 Å². The topological polar surface area (TPSA) is 0 Å². The minimum Gasteiger partial charge on any atom is -0.0620 e. The Labute approximate surface area is 131 Å². The first-order valence-electron chi connectivity index (χ1n) is 7.73. The third-order valence-electron chi connectivity index (χ3n) is 6.23. The van der Waals surface area contributed by atoms with Gasteiger partial charge in [-0.1, -0.05) is 32.9 Å². The van der Waals surface area contributed by atoms with E-state index >= 15 is 0 Å². The Balaban J connectivity index is 1.59. The Morgan fingerprint density at radius 3 is 2.42 bits per heavy atom. The second kappa shape index (κ2) is 5.05. The molecule has 104 valence electrons. The fourth-order valence-electron chi connectivity index (χ4n) is 4.64. The fourth-order valence-corrected chi connectivity index (χ4v) is 5.00. The Morgan fingerprint density at radius 1 is 1.16 bits per heavy atom. The van der Waals surface area contributed by atoms with Gasteiger partial charge in [0.1, 0.15) is 0 Å². The molecule has 4 rings (SSSR count). The smallest absolute Gasteiger partial charge is 0.0130 e. The normalized spacial score (nSPS) is 35.8. The van der Waals surface area contributed by atoms with Crippen molar-refractivity contribution in [2.24, 2.45) is 29.1 Å². The van der Waals surface area contributed by atoms with Crippen molar-refractivity contribution in [2.45, 2.75) is 46.5 Å². The van der Waals surface area contributed by atoms with Crippen LogP contribution in [0.25, 0.3) is 0 Å². The van der Waals surface area contributed by atoms with Crippen LogP contribution in [0.5, 0.6) is 0 Å². The summed E-state index contributed by atoms with van der Waals surface area (Å²) in [6, 6.07) is 9.08.